The average molecular weight is 404 g/mol. The number of aryl methyl sites for hydroxylation is 1. The van der Waals surface area contributed by atoms with E-state index in [4.69, 9.17) is 4.74 Å². The normalized spacial score (nSPS) is 12.2. The van der Waals surface area contributed by atoms with Gasteiger partial charge in [-0.05, 0) is 43.7 Å². The molecule has 0 aromatic heterocycles. The van der Waals surface area contributed by atoms with E-state index in [9.17, 15) is 18.0 Å². The highest BCUT2D eigenvalue weighted by Gasteiger charge is 2.19. The molecule has 0 aliphatic heterocycles. The highest BCUT2D eigenvalue weighted by molar-refractivity contribution is 7.89. The third-order valence-corrected chi connectivity index (χ3v) is 5.54. The van der Waals surface area contributed by atoms with Crippen molar-refractivity contribution in [3.05, 3.63) is 65.2 Å². The first-order chi connectivity index (χ1) is 13.2. The van der Waals surface area contributed by atoms with Crippen LogP contribution in [0.2, 0.25) is 0 Å². The minimum Gasteiger partial charge on any atom is -0.449 e. The zero-order valence-corrected chi connectivity index (χ0v) is 16.9. The molecule has 0 aliphatic rings. The van der Waals surface area contributed by atoms with Crippen LogP contribution in [0.5, 0.6) is 0 Å². The Labute approximate surface area is 165 Å². The molecule has 0 spiro atoms. The molecule has 28 heavy (non-hydrogen) atoms. The molecule has 1 amide bonds. The average Bonchev–Trinajstić information content (AvgIpc) is 2.67. The molecule has 1 atom stereocenters. The molecule has 7 nitrogen and oxygen atoms in total. The van der Waals surface area contributed by atoms with Crippen molar-refractivity contribution in [2.24, 2.45) is 0 Å². The van der Waals surface area contributed by atoms with Gasteiger partial charge in [0.15, 0.2) is 6.10 Å². The van der Waals surface area contributed by atoms with E-state index in [0.29, 0.717) is 6.54 Å². The van der Waals surface area contributed by atoms with E-state index in [1.165, 1.54) is 31.2 Å². The first kappa shape index (κ1) is 21.6. The van der Waals surface area contributed by atoms with Crippen molar-refractivity contribution in [1.82, 2.24) is 10.0 Å². The summed E-state index contributed by atoms with van der Waals surface area (Å²) in [4.78, 5) is 24.4. The van der Waals surface area contributed by atoms with Gasteiger partial charge in [0.05, 0.1) is 10.5 Å². The topological polar surface area (TPSA) is 102 Å². The third kappa shape index (κ3) is 5.90. The van der Waals surface area contributed by atoms with Gasteiger partial charge in [-0.3, -0.25) is 4.79 Å². The molecule has 0 heterocycles. The monoisotopic (exact) mass is 404 g/mol. The lowest BCUT2D eigenvalue weighted by Gasteiger charge is -2.14. The quantitative estimate of drug-likeness (QED) is 0.657. The molecule has 0 saturated heterocycles. The second-order valence-electron chi connectivity index (χ2n) is 6.28. The van der Waals surface area contributed by atoms with Crippen LogP contribution in [0.25, 0.3) is 0 Å². The Morgan fingerprint density at radius 1 is 1.04 bits per heavy atom. The number of esters is 1. The standard InChI is InChI=1S/C20H24N2O5S/c1-4-22-28(25,26)18-11-9-17(10-12-18)20(24)27-15(3)19(23)21-13-16-7-5-14(2)6-8-16/h5-12,15,22H,4,13H2,1-3H3,(H,21,23)/t15-/m1/s1. The molecule has 0 radical (unpaired) electrons. The third-order valence-electron chi connectivity index (χ3n) is 3.98. The number of sulfonamides is 1. The van der Waals surface area contributed by atoms with Gasteiger partial charge in [-0.25, -0.2) is 17.9 Å². The molecule has 0 bridgehead atoms. The summed E-state index contributed by atoms with van der Waals surface area (Å²) in [5.41, 5.74) is 2.23. The van der Waals surface area contributed by atoms with Gasteiger partial charge in [0, 0.05) is 13.1 Å². The van der Waals surface area contributed by atoms with Gasteiger partial charge in [0.1, 0.15) is 0 Å². The number of hydrogen-bond donors (Lipinski definition) is 2. The molecule has 0 saturated carbocycles. The van der Waals surface area contributed by atoms with Gasteiger partial charge in [0.25, 0.3) is 5.91 Å². The summed E-state index contributed by atoms with van der Waals surface area (Å²) in [5.74, 6) is -1.12. The van der Waals surface area contributed by atoms with Crippen LogP contribution < -0.4 is 10.0 Å². The van der Waals surface area contributed by atoms with E-state index >= 15 is 0 Å². The van der Waals surface area contributed by atoms with Crippen LogP contribution in [0.4, 0.5) is 0 Å². The van der Waals surface area contributed by atoms with Crippen LogP contribution in [0, 0.1) is 6.92 Å². The van der Waals surface area contributed by atoms with Gasteiger partial charge >= 0.3 is 5.97 Å². The molecular weight excluding hydrogens is 380 g/mol. The Hall–Kier alpha value is -2.71. The van der Waals surface area contributed by atoms with E-state index in [2.05, 4.69) is 10.0 Å². The summed E-state index contributed by atoms with van der Waals surface area (Å²) in [6.07, 6.45) is -0.983. The van der Waals surface area contributed by atoms with Crippen molar-refractivity contribution in [1.29, 1.82) is 0 Å². The predicted octanol–water partition coefficient (Wildman–Crippen LogP) is 2.15. The number of nitrogens with one attached hydrogen (secondary N) is 2. The summed E-state index contributed by atoms with van der Waals surface area (Å²) >= 11 is 0. The lowest BCUT2D eigenvalue weighted by atomic mass is 10.1. The van der Waals surface area contributed by atoms with Gasteiger partial charge in [0.2, 0.25) is 10.0 Å². The van der Waals surface area contributed by atoms with Gasteiger partial charge < -0.3 is 10.1 Å². The van der Waals surface area contributed by atoms with Crippen LogP contribution in [0.3, 0.4) is 0 Å². The molecule has 8 heteroatoms. The maximum atomic E-state index is 12.2. The molecule has 0 fully saturated rings. The minimum atomic E-state index is -3.59. The molecule has 0 aliphatic carbocycles. The first-order valence-electron chi connectivity index (χ1n) is 8.87. The smallest absolute Gasteiger partial charge is 0.338 e. The maximum absolute atomic E-state index is 12.2. The van der Waals surface area contributed by atoms with Crippen molar-refractivity contribution in [2.45, 2.75) is 38.3 Å². The first-order valence-corrected chi connectivity index (χ1v) is 10.3. The predicted molar refractivity (Wildman–Crippen MR) is 105 cm³/mol. The van der Waals surface area contributed by atoms with E-state index in [1.807, 2.05) is 31.2 Å². The molecule has 150 valence electrons. The van der Waals surface area contributed by atoms with Crippen molar-refractivity contribution in [3.63, 3.8) is 0 Å². The summed E-state index contributed by atoms with van der Waals surface area (Å²) < 4.78 is 31.3. The number of carbonyl (C=O) groups excluding carboxylic acids is 2. The number of carbonyl (C=O) groups is 2. The lowest BCUT2D eigenvalue weighted by molar-refractivity contribution is -0.129. The lowest BCUT2D eigenvalue weighted by Crippen LogP contribution is -2.35. The number of rotatable bonds is 8. The van der Waals surface area contributed by atoms with Crippen molar-refractivity contribution in [3.8, 4) is 0 Å². The van der Waals surface area contributed by atoms with E-state index in [1.54, 1.807) is 6.92 Å². The summed E-state index contributed by atoms with van der Waals surface area (Å²) in [6.45, 7) is 5.73. The van der Waals surface area contributed by atoms with Crippen LogP contribution in [0.15, 0.2) is 53.4 Å². The molecule has 0 unspecified atom stereocenters. The second-order valence-corrected chi connectivity index (χ2v) is 8.04. The summed E-state index contributed by atoms with van der Waals surface area (Å²) in [6, 6.07) is 13.1. The largest absolute Gasteiger partial charge is 0.449 e. The van der Waals surface area contributed by atoms with Crippen LogP contribution in [-0.2, 0) is 26.1 Å². The second kappa shape index (κ2) is 9.48. The van der Waals surface area contributed by atoms with Crippen LogP contribution in [0.1, 0.15) is 35.3 Å². The Kier molecular flexibility index (Phi) is 7.31. The minimum absolute atomic E-state index is 0.0507. The number of amides is 1. The van der Waals surface area contributed by atoms with Gasteiger partial charge in [-0.2, -0.15) is 0 Å². The summed E-state index contributed by atoms with van der Waals surface area (Å²) in [5, 5.41) is 2.71. The molecule has 2 aromatic rings. The Balaban J connectivity index is 1.92. The number of hydrogen-bond acceptors (Lipinski definition) is 5. The van der Waals surface area contributed by atoms with Crippen LogP contribution in [-0.4, -0.2) is 32.9 Å². The van der Waals surface area contributed by atoms with Crippen molar-refractivity contribution in [2.75, 3.05) is 6.54 Å². The molecular formula is C20H24N2O5S. The van der Waals surface area contributed by atoms with E-state index in [-0.39, 0.29) is 17.0 Å². The maximum Gasteiger partial charge on any atom is 0.338 e. The van der Waals surface area contributed by atoms with Gasteiger partial charge in [-0.1, -0.05) is 36.8 Å². The van der Waals surface area contributed by atoms with Crippen molar-refractivity contribution >= 4 is 21.9 Å². The Bertz CT molecular complexity index is 922. The zero-order chi connectivity index (χ0) is 20.7. The van der Waals surface area contributed by atoms with Crippen LogP contribution >= 0.6 is 0 Å². The van der Waals surface area contributed by atoms with E-state index < -0.39 is 28.0 Å². The SMILES string of the molecule is CCNS(=O)(=O)c1ccc(C(=O)O[C@H](C)C(=O)NCc2ccc(C)cc2)cc1. The van der Waals surface area contributed by atoms with Crippen molar-refractivity contribution < 1.29 is 22.7 Å². The number of benzene rings is 2. The molecule has 2 N–H and O–H groups in total. The Morgan fingerprint density at radius 3 is 2.21 bits per heavy atom. The van der Waals surface area contributed by atoms with E-state index in [0.717, 1.165) is 11.1 Å². The molecule has 2 rings (SSSR count). The fourth-order valence-corrected chi connectivity index (χ4v) is 3.41. The highest BCUT2D eigenvalue weighted by Crippen LogP contribution is 2.12. The zero-order valence-electron chi connectivity index (χ0n) is 16.1. The van der Waals surface area contributed by atoms with Gasteiger partial charge in [-0.15, -0.1) is 0 Å². The molecule has 2 aromatic carbocycles. The highest BCUT2D eigenvalue weighted by atomic mass is 32.2. The fourth-order valence-electron chi connectivity index (χ4n) is 2.36. The number of ether oxygens (including phenoxy) is 1. The summed E-state index contributed by atoms with van der Waals surface area (Å²) in [7, 11) is -3.59. The fraction of sp³-hybridized carbons (Fsp3) is 0.300. The Morgan fingerprint density at radius 2 is 1.64 bits per heavy atom.